The van der Waals surface area contributed by atoms with E-state index in [2.05, 4.69) is 21.9 Å². The number of aromatic nitrogens is 2. The van der Waals surface area contributed by atoms with Gasteiger partial charge in [0.05, 0.1) is 18.4 Å². The van der Waals surface area contributed by atoms with E-state index >= 15 is 0 Å². The van der Waals surface area contributed by atoms with E-state index in [-0.39, 0.29) is 17.3 Å². The fraction of sp³-hybridized carbons (Fsp3) is 0.174. The van der Waals surface area contributed by atoms with Crippen LogP contribution < -0.4 is 14.5 Å². The number of hydrogen-bond donors (Lipinski definition) is 3. The summed E-state index contributed by atoms with van der Waals surface area (Å²) in [6, 6.07) is 13.3. The Morgan fingerprint density at radius 2 is 2.06 bits per heavy atom. The van der Waals surface area contributed by atoms with Crippen LogP contribution in [0.15, 0.2) is 66.2 Å². The smallest absolute Gasteiger partial charge is 0.227 e. The van der Waals surface area contributed by atoms with Crippen molar-refractivity contribution in [2.75, 3.05) is 27.6 Å². The molecule has 0 unspecified atom stereocenters. The summed E-state index contributed by atoms with van der Waals surface area (Å²) in [4.78, 5) is 22.9. The Bertz CT molecular complexity index is 1250. The lowest BCUT2D eigenvalue weighted by atomic mass is 10.1. The van der Waals surface area contributed by atoms with Crippen molar-refractivity contribution in [2.45, 2.75) is 18.2 Å². The summed E-state index contributed by atoms with van der Waals surface area (Å²) < 4.78 is 23.6. The van der Waals surface area contributed by atoms with Crippen molar-refractivity contribution >= 4 is 39.7 Å². The van der Waals surface area contributed by atoms with Crippen LogP contribution >= 0.6 is 10.8 Å². The van der Waals surface area contributed by atoms with Crippen LogP contribution in [0.5, 0.6) is 0 Å². The van der Waals surface area contributed by atoms with Gasteiger partial charge in [-0.2, -0.15) is 0 Å². The molecule has 0 radical (unpaired) electrons. The van der Waals surface area contributed by atoms with Crippen LogP contribution in [0.4, 0.5) is 23.0 Å². The maximum atomic E-state index is 11.9. The van der Waals surface area contributed by atoms with E-state index in [9.17, 15) is 13.9 Å². The second-order valence-corrected chi connectivity index (χ2v) is 9.60. The van der Waals surface area contributed by atoms with Gasteiger partial charge in [-0.15, -0.1) is 6.58 Å². The zero-order valence-corrected chi connectivity index (χ0v) is 18.3. The molecule has 5 rings (SSSR count). The van der Waals surface area contributed by atoms with E-state index in [0.717, 1.165) is 28.9 Å². The molecule has 0 bridgehead atoms. The van der Waals surface area contributed by atoms with Gasteiger partial charge in [0.1, 0.15) is 10.6 Å². The maximum absolute atomic E-state index is 11.9. The zero-order chi connectivity index (χ0) is 22.5. The van der Waals surface area contributed by atoms with Crippen LogP contribution in [0.2, 0.25) is 0 Å². The molecule has 0 aliphatic carbocycles. The lowest BCUT2D eigenvalue weighted by molar-refractivity contribution is -0.116. The van der Waals surface area contributed by atoms with Crippen LogP contribution in [0.1, 0.15) is 12.5 Å². The quantitative estimate of drug-likeness (QED) is 0.491. The normalized spacial score (nSPS) is 16.6. The molecule has 2 aromatic carbocycles. The predicted molar refractivity (Wildman–Crippen MR) is 128 cm³/mol. The monoisotopic (exact) mass is 449 g/mol. The van der Waals surface area contributed by atoms with Crippen LogP contribution in [0.25, 0.3) is 11.3 Å². The number of carbonyl (C=O) groups excluding carboxylic acids is 1. The molecule has 0 saturated heterocycles. The molecule has 3 heterocycles. The van der Waals surface area contributed by atoms with Gasteiger partial charge in [0.25, 0.3) is 0 Å². The van der Waals surface area contributed by atoms with Gasteiger partial charge in [0.2, 0.25) is 11.9 Å². The standard InChI is InChI=1S/C23H23N5O3S/c1-3-11-28-19-7-5-4-6-18(19)22-21(32(28,30)31)14-24-23(26-22)25-17-9-8-16-10-12-27(15(2)29)20(16)13-17/h3-9,13-14,30-31H,1,10-12H2,2H3,(H,24,25,26). The molecular formula is C23H23N5O3S. The number of rotatable bonds is 4. The van der Waals surface area contributed by atoms with Gasteiger partial charge in [0, 0.05) is 30.4 Å². The molecule has 0 saturated carbocycles. The Labute approximate surface area is 187 Å². The van der Waals surface area contributed by atoms with Gasteiger partial charge in [-0.1, -0.05) is 41.1 Å². The molecule has 0 spiro atoms. The molecule has 2 aliphatic heterocycles. The van der Waals surface area contributed by atoms with Crippen molar-refractivity contribution in [3.63, 3.8) is 0 Å². The Balaban J connectivity index is 1.54. The van der Waals surface area contributed by atoms with Crippen molar-refractivity contribution in [3.05, 3.63) is 66.9 Å². The van der Waals surface area contributed by atoms with Gasteiger partial charge in [0.15, 0.2) is 0 Å². The Hall–Kier alpha value is -3.40. The second-order valence-electron chi connectivity index (χ2n) is 7.68. The number of anilines is 4. The molecule has 8 nitrogen and oxygen atoms in total. The highest BCUT2D eigenvalue weighted by Crippen LogP contribution is 2.61. The largest absolute Gasteiger partial charge is 0.324 e. The molecule has 9 heteroatoms. The average Bonchev–Trinajstić information content (AvgIpc) is 3.20. The molecule has 3 aromatic rings. The molecule has 2 aliphatic rings. The number of hydrogen-bond acceptors (Lipinski definition) is 7. The van der Waals surface area contributed by atoms with Gasteiger partial charge >= 0.3 is 0 Å². The van der Waals surface area contributed by atoms with Crippen LogP contribution in [-0.4, -0.2) is 38.1 Å². The van der Waals surface area contributed by atoms with E-state index in [0.29, 0.717) is 23.9 Å². The number of carbonyl (C=O) groups is 1. The number of benzene rings is 2. The van der Waals surface area contributed by atoms with Crippen molar-refractivity contribution in [3.8, 4) is 11.3 Å². The minimum atomic E-state index is -3.31. The number of fused-ring (bicyclic) bond motifs is 4. The highest BCUT2D eigenvalue weighted by molar-refractivity contribution is 8.25. The second kappa shape index (κ2) is 7.63. The highest BCUT2D eigenvalue weighted by atomic mass is 32.3. The minimum Gasteiger partial charge on any atom is -0.324 e. The number of para-hydroxylation sites is 1. The molecule has 0 fully saturated rings. The van der Waals surface area contributed by atoms with Crippen molar-refractivity contribution in [2.24, 2.45) is 0 Å². The van der Waals surface area contributed by atoms with E-state index in [1.807, 2.05) is 42.5 Å². The summed E-state index contributed by atoms with van der Waals surface area (Å²) in [6.07, 6.45) is 3.92. The van der Waals surface area contributed by atoms with E-state index in [1.165, 1.54) is 10.5 Å². The summed E-state index contributed by atoms with van der Waals surface area (Å²) in [5.74, 6) is 0.343. The van der Waals surface area contributed by atoms with Gasteiger partial charge in [-0.25, -0.2) is 9.97 Å². The van der Waals surface area contributed by atoms with Gasteiger partial charge in [-0.05, 0) is 30.2 Å². The molecular weight excluding hydrogens is 426 g/mol. The minimum absolute atomic E-state index is 0.0109. The predicted octanol–water partition coefficient (Wildman–Crippen LogP) is 4.83. The molecule has 1 amide bonds. The van der Waals surface area contributed by atoms with Crippen molar-refractivity contribution < 1.29 is 13.9 Å². The first-order chi connectivity index (χ1) is 15.4. The van der Waals surface area contributed by atoms with Gasteiger partial charge in [-0.3, -0.25) is 18.2 Å². The van der Waals surface area contributed by atoms with E-state index < -0.39 is 10.8 Å². The zero-order valence-electron chi connectivity index (χ0n) is 17.5. The molecule has 1 aromatic heterocycles. The first kappa shape index (κ1) is 20.5. The maximum Gasteiger partial charge on any atom is 0.227 e. The lowest BCUT2D eigenvalue weighted by Gasteiger charge is -2.47. The van der Waals surface area contributed by atoms with Gasteiger partial charge < -0.3 is 10.2 Å². The fourth-order valence-electron chi connectivity index (χ4n) is 4.20. The lowest BCUT2D eigenvalue weighted by Crippen LogP contribution is -2.31. The summed E-state index contributed by atoms with van der Waals surface area (Å²) in [6.45, 7) is 6.26. The van der Waals surface area contributed by atoms with Crippen LogP contribution in [0, 0.1) is 0 Å². The summed E-state index contributed by atoms with van der Waals surface area (Å²) in [7, 11) is -3.31. The van der Waals surface area contributed by atoms with E-state index in [1.54, 1.807) is 17.9 Å². The molecule has 164 valence electrons. The SMILES string of the molecule is C=CCN1c2ccccc2-c2nc(Nc3ccc4c(c3)N(C(C)=O)CC4)ncc2S1(O)O. The third kappa shape index (κ3) is 3.22. The van der Waals surface area contributed by atoms with Crippen LogP contribution in [0.3, 0.4) is 0 Å². The fourth-order valence-corrected chi connectivity index (χ4v) is 5.80. The molecule has 3 N–H and O–H groups in total. The first-order valence-electron chi connectivity index (χ1n) is 10.2. The highest BCUT2D eigenvalue weighted by Gasteiger charge is 2.36. The number of amides is 1. The van der Waals surface area contributed by atoms with Crippen LogP contribution in [-0.2, 0) is 11.2 Å². The number of nitrogens with zero attached hydrogens (tertiary/aromatic N) is 4. The Morgan fingerprint density at radius 3 is 2.84 bits per heavy atom. The summed E-state index contributed by atoms with van der Waals surface area (Å²) in [5.41, 5.74) is 4.71. The topological polar surface area (TPSA) is 102 Å². The van der Waals surface area contributed by atoms with E-state index in [4.69, 9.17) is 0 Å². The Kier molecular flexibility index (Phi) is 4.89. The summed E-state index contributed by atoms with van der Waals surface area (Å²) in [5, 5.41) is 3.19. The van der Waals surface area contributed by atoms with Crippen molar-refractivity contribution in [1.29, 1.82) is 0 Å². The third-order valence-electron chi connectivity index (χ3n) is 5.70. The third-order valence-corrected chi connectivity index (χ3v) is 7.55. The first-order valence-corrected chi connectivity index (χ1v) is 11.7. The van der Waals surface area contributed by atoms with Crippen molar-refractivity contribution in [1.82, 2.24) is 9.97 Å². The number of nitrogens with one attached hydrogen (secondary N) is 1. The Morgan fingerprint density at radius 1 is 1.25 bits per heavy atom. The molecule has 0 atom stereocenters. The average molecular weight is 450 g/mol. The molecule has 32 heavy (non-hydrogen) atoms. The summed E-state index contributed by atoms with van der Waals surface area (Å²) >= 11 is 0.